The standard InChI is InChI=1S/C21H26O2S/c1-2-15-6-8-16(9-7-15)10-17-4-3-5-18(11-17)21-13-19(23)12-20(14-22)24-21/h3-9,11,19-23H,2,10,12-14H2,1H3/t19-,20-,21+/m0/s1. The lowest BCUT2D eigenvalue weighted by Crippen LogP contribution is -2.26. The van der Waals surface area contributed by atoms with Gasteiger partial charge in [0.15, 0.2) is 0 Å². The van der Waals surface area contributed by atoms with E-state index in [0.717, 1.165) is 19.3 Å². The van der Waals surface area contributed by atoms with E-state index < -0.39 is 0 Å². The zero-order valence-corrected chi connectivity index (χ0v) is 15.0. The van der Waals surface area contributed by atoms with Crippen LogP contribution < -0.4 is 0 Å². The lowest BCUT2D eigenvalue weighted by Gasteiger charge is -2.31. The third kappa shape index (κ3) is 4.41. The molecule has 24 heavy (non-hydrogen) atoms. The van der Waals surface area contributed by atoms with Gasteiger partial charge in [-0.2, -0.15) is 0 Å². The van der Waals surface area contributed by atoms with Crippen LogP contribution in [0.3, 0.4) is 0 Å². The second-order valence-corrected chi connectivity index (χ2v) is 8.15. The predicted octanol–water partition coefficient (Wildman–Crippen LogP) is 4.13. The Labute approximate surface area is 148 Å². The van der Waals surface area contributed by atoms with E-state index in [4.69, 9.17) is 0 Å². The van der Waals surface area contributed by atoms with Gasteiger partial charge in [0.1, 0.15) is 0 Å². The Morgan fingerprint density at radius 1 is 1.00 bits per heavy atom. The van der Waals surface area contributed by atoms with Crippen molar-refractivity contribution in [2.45, 2.75) is 49.2 Å². The van der Waals surface area contributed by atoms with Crippen LogP contribution in [0.5, 0.6) is 0 Å². The molecule has 1 saturated heterocycles. The maximum Gasteiger partial charge on any atom is 0.0565 e. The zero-order valence-electron chi connectivity index (χ0n) is 14.2. The molecule has 2 N–H and O–H groups in total. The topological polar surface area (TPSA) is 40.5 Å². The van der Waals surface area contributed by atoms with Crippen LogP contribution in [-0.4, -0.2) is 28.2 Å². The highest BCUT2D eigenvalue weighted by Gasteiger charge is 2.28. The smallest absolute Gasteiger partial charge is 0.0565 e. The highest BCUT2D eigenvalue weighted by molar-refractivity contribution is 8.00. The summed E-state index contributed by atoms with van der Waals surface area (Å²) in [7, 11) is 0. The second kappa shape index (κ2) is 8.19. The van der Waals surface area contributed by atoms with Crippen LogP contribution >= 0.6 is 11.8 Å². The van der Waals surface area contributed by atoms with Crippen molar-refractivity contribution in [2.75, 3.05) is 6.61 Å². The number of hydrogen-bond acceptors (Lipinski definition) is 3. The van der Waals surface area contributed by atoms with Crippen molar-refractivity contribution in [1.82, 2.24) is 0 Å². The normalized spacial score (nSPS) is 24.0. The van der Waals surface area contributed by atoms with E-state index >= 15 is 0 Å². The van der Waals surface area contributed by atoms with Gasteiger partial charge in [0.25, 0.3) is 0 Å². The monoisotopic (exact) mass is 342 g/mol. The minimum absolute atomic E-state index is 0.141. The number of aryl methyl sites for hydroxylation is 1. The number of rotatable bonds is 5. The van der Waals surface area contributed by atoms with Crippen molar-refractivity contribution in [3.63, 3.8) is 0 Å². The summed E-state index contributed by atoms with van der Waals surface area (Å²) in [6.07, 6.45) is 3.17. The fourth-order valence-corrected chi connectivity index (χ4v) is 4.88. The van der Waals surface area contributed by atoms with Gasteiger partial charge < -0.3 is 10.2 Å². The summed E-state index contributed by atoms with van der Waals surface area (Å²) in [5, 5.41) is 19.9. The van der Waals surface area contributed by atoms with E-state index in [1.54, 1.807) is 11.8 Å². The highest BCUT2D eigenvalue weighted by atomic mass is 32.2. The van der Waals surface area contributed by atoms with Crippen molar-refractivity contribution in [1.29, 1.82) is 0 Å². The second-order valence-electron chi connectivity index (χ2n) is 6.65. The van der Waals surface area contributed by atoms with Gasteiger partial charge in [-0.05, 0) is 47.9 Å². The van der Waals surface area contributed by atoms with Crippen LogP contribution in [0.2, 0.25) is 0 Å². The van der Waals surface area contributed by atoms with Crippen LogP contribution in [0.15, 0.2) is 48.5 Å². The molecule has 128 valence electrons. The molecule has 0 bridgehead atoms. The molecule has 1 fully saturated rings. The molecule has 0 amide bonds. The third-order valence-corrected chi connectivity index (χ3v) is 6.26. The molecule has 0 unspecified atom stereocenters. The minimum Gasteiger partial charge on any atom is -0.395 e. The summed E-state index contributed by atoms with van der Waals surface area (Å²) < 4.78 is 0. The Bertz CT molecular complexity index is 653. The van der Waals surface area contributed by atoms with Crippen molar-refractivity contribution in [2.24, 2.45) is 0 Å². The Balaban J connectivity index is 1.73. The lowest BCUT2D eigenvalue weighted by molar-refractivity contribution is 0.137. The Hall–Kier alpha value is -1.29. The van der Waals surface area contributed by atoms with Gasteiger partial charge in [0, 0.05) is 10.5 Å². The van der Waals surface area contributed by atoms with Crippen LogP contribution in [-0.2, 0) is 12.8 Å². The maximum absolute atomic E-state index is 10.1. The van der Waals surface area contributed by atoms with Gasteiger partial charge in [0.05, 0.1) is 12.7 Å². The summed E-state index contributed by atoms with van der Waals surface area (Å²) in [5.74, 6) is 0. The molecule has 1 aliphatic heterocycles. The molecular weight excluding hydrogens is 316 g/mol. The molecule has 0 saturated carbocycles. The summed E-state index contributed by atoms with van der Waals surface area (Å²) in [4.78, 5) is 0. The fraction of sp³-hybridized carbons (Fsp3) is 0.429. The summed E-state index contributed by atoms with van der Waals surface area (Å²) in [6.45, 7) is 2.32. The number of aliphatic hydroxyl groups is 2. The first-order chi connectivity index (χ1) is 11.7. The first-order valence-electron chi connectivity index (χ1n) is 8.79. The summed E-state index contributed by atoms with van der Waals surface area (Å²) in [6, 6.07) is 17.5. The average Bonchev–Trinajstić information content (AvgIpc) is 2.62. The fourth-order valence-electron chi connectivity index (χ4n) is 3.35. The SMILES string of the molecule is CCc1ccc(Cc2cccc([C@H]3C[C@@H](O)C[C@@H](CO)S3)c2)cc1. The van der Waals surface area contributed by atoms with Crippen LogP contribution in [0, 0.1) is 0 Å². The van der Waals surface area contributed by atoms with Crippen molar-refractivity contribution in [3.05, 3.63) is 70.8 Å². The zero-order chi connectivity index (χ0) is 16.9. The van der Waals surface area contributed by atoms with Gasteiger partial charge in [-0.3, -0.25) is 0 Å². The van der Waals surface area contributed by atoms with E-state index in [1.807, 2.05) is 0 Å². The van der Waals surface area contributed by atoms with Gasteiger partial charge >= 0.3 is 0 Å². The molecule has 2 aromatic rings. The minimum atomic E-state index is -0.307. The molecule has 2 nitrogen and oxygen atoms in total. The van der Waals surface area contributed by atoms with E-state index in [-0.39, 0.29) is 23.2 Å². The van der Waals surface area contributed by atoms with E-state index in [9.17, 15) is 10.2 Å². The number of hydrogen-bond donors (Lipinski definition) is 2. The van der Waals surface area contributed by atoms with Crippen molar-refractivity contribution in [3.8, 4) is 0 Å². The molecule has 3 rings (SSSR count). The van der Waals surface area contributed by atoms with Crippen molar-refractivity contribution < 1.29 is 10.2 Å². The third-order valence-electron chi connectivity index (χ3n) is 4.74. The quantitative estimate of drug-likeness (QED) is 0.858. The molecule has 1 heterocycles. The lowest BCUT2D eigenvalue weighted by atomic mass is 9.97. The highest BCUT2D eigenvalue weighted by Crippen LogP contribution is 2.42. The van der Waals surface area contributed by atoms with Crippen LogP contribution in [0.1, 0.15) is 47.3 Å². The van der Waals surface area contributed by atoms with E-state index in [1.165, 1.54) is 22.3 Å². The Kier molecular flexibility index (Phi) is 5.99. The summed E-state index contributed by atoms with van der Waals surface area (Å²) in [5.41, 5.74) is 5.27. The first-order valence-corrected chi connectivity index (χ1v) is 9.73. The van der Waals surface area contributed by atoms with Crippen LogP contribution in [0.25, 0.3) is 0 Å². The maximum atomic E-state index is 10.1. The number of thioether (sulfide) groups is 1. The molecule has 2 aromatic carbocycles. The van der Waals surface area contributed by atoms with Gasteiger partial charge in [-0.1, -0.05) is 55.5 Å². The molecule has 3 atom stereocenters. The van der Waals surface area contributed by atoms with Crippen molar-refractivity contribution >= 4 is 11.8 Å². The van der Waals surface area contributed by atoms with Crippen LogP contribution in [0.4, 0.5) is 0 Å². The van der Waals surface area contributed by atoms with Gasteiger partial charge in [-0.15, -0.1) is 11.8 Å². The molecular formula is C21H26O2S. The van der Waals surface area contributed by atoms with Gasteiger partial charge in [0.2, 0.25) is 0 Å². The number of benzene rings is 2. The first kappa shape index (κ1) is 17.5. The predicted molar refractivity (Wildman–Crippen MR) is 102 cm³/mol. The van der Waals surface area contributed by atoms with E-state index in [2.05, 4.69) is 55.5 Å². The largest absolute Gasteiger partial charge is 0.395 e. The molecule has 3 heteroatoms. The number of aliphatic hydroxyl groups excluding tert-OH is 2. The average molecular weight is 343 g/mol. The molecule has 0 radical (unpaired) electrons. The molecule has 0 aliphatic carbocycles. The summed E-state index contributed by atoms with van der Waals surface area (Å²) >= 11 is 1.80. The Morgan fingerprint density at radius 3 is 2.46 bits per heavy atom. The molecule has 0 spiro atoms. The Morgan fingerprint density at radius 2 is 1.75 bits per heavy atom. The van der Waals surface area contributed by atoms with Gasteiger partial charge in [-0.25, -0.2) is 0 Å². The van der Waals surface area contributed by atoms with E-state index in [0.29, 0.717) is 6.42 Å². The molecule has 1 aliphatic rings. The molecule has 0 aromatic heterocycles.